The fourth-order valence-corrected chi connectivity index (χ4v) is 2.86. The standard InChI is InChI=1S/C18H29NO2/c1-3-19-14-16-8-10-17(11-9-16)20-12-13-21-18-7-5-4-6-15(18)2/h8-11,15,18-19H,3-7,12-14H2,1-2H3. The molecule has 3 heteroatoms. The molecule has 0 amide bonds. The van der Waals surface area contributed by atoms with Crippen LogP contribution in [-0.4, -0.2) is 25.9 Å². The quantitative estimate of drug-likeness (QED) is 0.740. The molecule has 1 aliphatic rings. The predicted octanol–water partition coefficient (Wildman–Crippen LogP) is 3.77. The van der Waals surface area contributed by atoms with Gasteiger partial charge in [-0.05, 0) is 43.0 Å². The molecule has 1 aromatic carbocycles. The van der Waals surface area contributed by atoms with Gasteiger partial charge in [-0.15, -0.1) is 0 Å². The Morgan fingerprint density at radius 3 is 2.57 bits per heavy atom. The van der Waals surface area contributed by atoms with Gasteiger partial charge in [0.05, 0.1) is 12.7 Å². The molecule has 0 aliphatic heterocycles. The Labute approximate surface area is 129 Å². The molecule has 1 fully saturated rings. The molecule has 0 saturated heterocycles. The fourth-order valence-electron chi connectivity index (χ4n) is 2.86. The first-order valence-electron chi connectivity index (χ1n) is 8.33. The van der Waals surface area contributed by atoms with Crippen molar-refractivity contribution in [2.45, 2.75) is 52.2 Å². The first kappa shape index (κ1) is 16.3. The highest BCUT2D eigenvalue weighted by atomic mass is 16.5. The maximum Gasteiger partial charge on any atom is 0.119 e. The second kappa shape index (κ2) is 9.06. The number of hydrogen-bond acceptors (Lipinski definition) is 3. The Kier molecular flexibility index (Phi) is 7.04. The van der Waals surface area contributed by atoms with Crippen LogP contribution in [0.5, 0.6) is 5.75 Å². The van der Waals surface area contributed by atoms with Gasteiger partial charge in [0.2, 0.25) is 0 Å². The maximum atomic E-state index is 5.96. The van der Waals surface area contributed by atoms with Crippen molar-refractivity contribution in [3.63, 3.8) is 0 Å². The average Bonchev–Trinajstić information content (AvgIpc) is 2.52. The van der Waals surface area contributed by atoms with E-state index in [1.807, 2.05) is 12.1 Å². The molecule has 0 aromatic heterocycles. The summed E-state index contributed by atoms with van der Waals surface area (Å²) in [7, 11) is 0. The third-order valence-corrected chi connectivity index (χ3v) is 4.22. The summed E-state index contributed by atoms with van der Waals surface area (Å²) in [6.45, 7) is 7.65. The van der Waals surface area contributed by atoms with Crippen LogP contribution in [0.3, 0.4) is 0 Å². The van der Waals surface area contributed by atoms with Gasteiger partial charge in [-0.1, -0.05) is 38.8 Å². The van der Waals surface area contributed by atoms with E-state index in [0.717, 1.165) is 18.8 Å². The van der Waals surface area contributed by atoms with Crippen molar-refractivity contribution in [3.8, 4) is 5.75 Å². The van der Waals surface area contributed by atoms with Gasteiger partial charge in [0.1, 0.15) is 12.4 Å². The summed E-state index contributed by atoms with van der Waals surface area (Å²) in [6, 6.07) is 8.30. The van der Waals surface area contributed by atoms with Crippen molar-refractivity contribution < 1.29 is 9.47 Å². The van der Waals surface area contributed by atoms with E-state index in [-0.39, 0.29) is 0 Å². The van der Waals surface area contributed by atoms with Crippen LogP contribution in [0.2, 0.25) is 0 Å². The molecule has 21 heavy (non-hydrogen) atoms. The van der Waals surface area contributed by atoms with Crippen LogP contribution in [0, 0.1) is 5.92 Å². The van der Waals surface area contributed by atoms with E-state index in [4.69, 9.17) is 9.47 Å². The SMILES string of the molecule is CCNCc1ccc(OCCOC2CCCCC2C)cc1. The zero-order valence-corrected chi connectivity index (χ0v) is 13.4. The summed E-state index contributed by atoms with van der Waals surface area (Å²) in [5, 5.41) is 3.32. The monoisotopic (exact) mass is 291 g/mol. The summed E-state index contributed by atoms with van der Waals surface area (Å²) < 4.78 is 11.7. The largest absolute Gasteiger partial charge is 0.491 e. The lowest BCUT2D eigenvalue weighted by atomic mass is 9.88. The van der Waals surface area contributed by atoms with E-state index in [9.17, 15) is 0 Å². The average molecular weight is 291 g/mol. The molecule has 0 bridgehead atoms. The van der Waals surface area contributed by atoms with E-state index in [0.29, 0.717) is 25.2 Å². The van der Waals surface area contributed by atoms with E-state index in [2.05, 4.69) is 31.3 Å². The van der Waals surface area contributed by atoms with E-state index < -0.39 is 0 Å². The molecule has 0 spiro atoms. The molecule has 3 nitrogen and oxygen atoms in total. The lowest BCUT2D eigenvalue weighted by Gasteiger charge is -2.28. The summed E-state index contributed by atoms with van der Waals surface area (Å²) >= 11 is 0. The number of ether oxygens (including phenoxy) is 2. The molecule has 2 unspecified atom stereocenters. The smallest absolute Gasteiger partial charge is 0.119 e. The Morgan fingerprint density at radius 2 is 1.86 bits per heavy atom. The van der Waals surface area contributed by atoms with Crippen LogP contribution in [0.1, 0.15) is 45.1 Å². The van der Waals surface area contributed by atoms with Crippen molar-refractivity contribution in [1.82, 2.24) is 5.32 Å². The van der Waals surface area contributed by atoms with Crippen LogP contribution in [0.4, 0.5) is 0 Å². The molecule has 118 valence electrons. The van der Waals surface area contributed by atoms with Crippen LogP contribution in [0.15, 0.2) is 24.3 Å². The lowest BCUT2D eigenvalue weighted by molar-refractivity contribution is -0.0165. The number of benzene rings is 1. The Hall–Kier alpha value is -1.06. The molecular weight excluding hydrogens is 262 g/mol. The minimum absolute atomic E-state index is 0.435. The van der Waals surface area contributed by atoms with Crippen molar-refractivity contribution >= 4 is 0 Å². The van der Waals surface area contributed by atoms with Crippen molar-refractivity contribution in [2.24, 2.45) is 5.92 Å². The second-order valence-electron chi connectivity index (χ2n) is 5.94. The second-order valence-corrected chi connectivity index (χ2v) is 5.94. The molecule has 1 saturated carbocycles. The molecule has 0 radical (unpaired) electrons. The van der Waals surface area contributed by atoms with Gasteiger partial charge in [0.15, 0.2) is 0 Å². The molecular formula is C18H29NO2. The zero-order chi connectivity index (χ0) is 14.9. The third kappa shape index (κ3) is 5.68. The first-order valence-corrected chi connectivity index (χ1v) is 8.33. The molecule has 1 aliphatic carbocycles. The minimum Gasteiger partial charge on any atom is -0.491 e. The van der Waals surface area contributed by atoms with Crippen LogP contribution < -0.4 is 10.1 Å². The Morgan fingerprint density at radius 1 is 1.10 bits per heavy atom. The van der Waals surface area contributed by atoms with Crippen molar-refractivity contribution in [3.05, 3.63) is 29.8 Å². The minimum atomic E-state index is 0.435. The molecule has 1 N–H and O–H groups in total. The summed E-state index contributed by atoms with van der Waals surface area (Å²) in [6.07, 6.45) is 5.61. The van der Waals surface area contributed by atoms with Gasteiger partial charge in [-0.25, -0.2) is 0 Å². The lowest BCUT2D eigenvalue weighted by Crippen LogP contribution is -2.27. The van der Waals surface area contributed by atoms with E-state index >= 15 is 0 Å². The molecule has 2 atom stereocenters. The Bertz CT molecular complexity index is 391. The first-order chi connectivity index (χ1) is 10.3. The van der Waals surface area contributed by atoms with Gasteiger partial charge in [0, 0.05) is 6.54 Å². The van der Waals surface area contributed by atoms with E-state index in [1.165, 1.54) is 31.2 Å². The summed E-state index contributed by atoms with van der Waals surface area (Å²) in [5.74, 6) is 1.62. The van der Waals surface area contributed by atoms with Gasteiger partial charge >= 0.3 is 0 Å². The molecule has 1 aromatic rings. The van der Waals surface area contributed by atoms with Gasteiger partial charge < -0.3 is 14.8 Å². The number of nitrogens with one attached hydrogen (secondary N) is 1. The van der Waals surface area contributed by atoms with Crippen molar-refractivity contribution in [2.75, 3.05) is 19.8 Å². The molecule has 2 rings (SSSR count). The van der Waals surface area contributed by atoms with Crippen LogP contribution in [-0.2, 0) is 11.3 Å². The van der Waals surface area contributed by atoms with E-state index in [1.54, 1.807) is 0 Å². The zero-order valence-electron chi connectivity index (χ0n) is 13.4. The van der Waals surface area contributed by atoms with Crippen LogP contribution in [0.25, 0.3) is 0 Å². The number of hydrogen-bond donors (Lipinski definition) is 1. The van der Waals surface area contributed by atoms with Crippen LogP contribution >= 0.6 is 0 Å². The normalized spacial score (nSPS) is 22.2. The third-order valence-electron chi connectivity index (χ3n) is 4.22. The van der Waals surface area contributed by atoms with Gasteiger partial charge in [-0.3, -0.25) is 0 Å². The van der Waals surface area contributed by atoms with Gasteiger partial charge in [0.25, 0.3) is 0 Å². The fraction of sp³-hybridized carbons (Fsp3) is 0.667. The highest BCUT2D eigenvalue weighted by Gasteiger charge is 2.21. The molecule has 0 heterocycles. The Balaban J connectivity index is 1.64. The highest BCUT2D eigenvalue weighted by Crippen LogP contribution is 2.26. The maximum absolute atomic E-state index is 5.96. The number of rotatable bonds is 8. The summed E-state index contributed by atoms with van der Waals surface area (Å²) in [4.78, 5) is 0. The predicted molar refractivity (Wildman–Crippen MR) is 86.7 cm³/mol. The highest BCUT2D eigenvalue weighted by molar-refractivity contribution is 5.27. The topological polar surface area (TPSA) is 30.5 Å². The van der Waals surface area contributed by atoms with Gasteiger partial charge in [-0.2, -0.15) is 0 Å². The van der Waals surface area contributed by atoms with Crippen molar-refractivity contribution in [1.29, 1.82) is 0 Å². The summed E-state index contributed by atoms with van der Waals surface area (Å²) in [5.41, 5.74) is 1.29.